The third kappa shape index (κ3) is 3.07. The number of benzene rings is 2. The van der Waals surface area contributed by atoms with E-state index in [4.69, 9.17) is 11.6 Å². The number of halogens is 1. The van der Waals surface area contributed by atoms with E-state index in [2.05, 4.69) is 15.6 Å². The van der Waals surface area contributed by atoms with Crippen molar-refractivity contribution >= 4 is 50.0 Å². The Kier molecular flexibility index (Phi) is 3.64. The number of aromatic nitrogens is 1. The molecule has 0 atom stereocenters. The molecule has 0 aliphatic carbocycles. The minimum atomic E-state index is -0.421. The van der Waals surface area contributed by atoms with Crippen molar-refractivity contribution in [3.63, 3.8) is 0 Å². The third-order valence-corrected chi connectivity index (χ3v) is 3.97. The number of aromatic hydroxyl groups is 1. The average Bonchev–Trinajstić information content (AvgIpc) is 2.84. The number of hydrogen-bond donors (Lipinski definition) is 3. The van der Waals surface area contributed by atoms with Crippen molar-refractivity contribution in [3.8, 4) is 5.75 Å². The number of phenolic OH excluding ortho intramolecular Hbond substituents is 1. The Morgan fingerprint density at radius 3 is 2.76 bits per heavy atom. The molecule has 7 heteroatoms. The van der Waals surface area contributed by atoms with Gasteiger partial charge in [-0.3, -0.25) is 5.32 Å². The van der Waals surface area contributed by atoms with Gasteiger partial charge in [-0.25, -0.2) is 9.78 Å². The molecule has 2 amide bonds. The zero-order valence-corrected chi connectivity index (χ0v) is 12.2. The van der Waals surface area contributed by atoms with E-state index in [0.717, 1.165) is 10.2 Å². The number of nitrogens with zero attached hydrogens (tertiary/aromatic N) is 1. The molecule has 3 N–H and O–H groups in total. The number of rotatable bonds is 2. The fourth-order valence-corrected chi connectivity index (χ4v) is 2.81. The van der Waals surface area contributed by atoms with E-state index in [1.54, 1.807) is 6.07 Å². The number of para-hydroxylation sites is 1. The van der Waals surface area contributed by atoms with E-state index < -0.39 is 6.03 Å². The Balaban J connectivity index is 1.72. The van der Waals surface area contributed by atoms with Gasteiger partial charge in [-0.1, -0.05) is 35.1 Å². The molecular weight excluding hydrogens is 310 g/mol. The molecule has 0 unspecified atom stereocenters. The summed E-state index contributed by atoms with van der Waals surface area (Å²) < 4.78 is 1.00. The molecule has 0 radical (unpaired) electrons. The summed E-state index contributed by atoms with van der Waals surface area (Å²) in [7, 11) is 0. The van der Waals surface area contributed by atoms with Crippen molar-refractivity contribution in [1.82, 2.24) is 4.98 Å². The van der Waals surface area contributed by atoms with Gasteiger partial charge in [-0.05, 0) is 30.3 Å². The number of carbonyl (C=O) groups is 1. The second kappa shape index (κ2) is 5.59. The highest BCUT2D eigenvalue weighted by Crippen LogP contribution is 2.27. The molecule has 0 saturated carbocycles. The van der Waals surface area contributed by atoms with Crippen LogP contribution in [0, 0.1) is 0 Å². The number of thiazole rings is 1. The van der Waals surface area contributed by atoms with E-state index in [-0.39, 0.29) is 10.8 Å². The van der Waals surface area contributed by atoms with E-state index in [1.165, 1.54) is 23.5 Å². The van der Waals surface area contributed by atoms with Gasteiger partial charge in [0, 0.05) is 5.69 Å². The molecular formula is C14H10ClN3O2S. The Morgan fingerprint density at radius 2 is 2.00 bits per heavy atom. The normalized spacial score (nSPS) is 10.5. The number of urea groups is 1. The predicted octanol–water partition coefficient (Wildman–Crippen LogP) is 4.30. The summed E-state index contributed by atoms with van der Waals surface area (Å²) in [5, 5.41) is 15.3. The van der Waals surface area contributed by atoms with Crippen LogP contribution in [0.3, 0.4) is 0 Å². The largest absolute Gasteiger partial charge is 0.506 e. The Hall–Kier alpha value is -2.31. The molecule has 0 saturated heterocycles. The fraction of sp³-hybridized carbons (Fsp3) is 0. The van der Waals surface area contributed by atoms with E-state index >= 15 is 0 Å². The van der Waals surface area contributed by atoms with Crippen LogP contribution in [0.4, 0.5) is 15.6 Å². The third-order valence-electron chi connectivity index (χ3n) is 2.72. The quantitative estimate of drug-likeness (QED) is 0.616. The highest BCUT2D eigenvalue weighted by Gasteiger charge is 2.08. The van der Waals surface area contributed by atoms with Gasteiger partial charge in [0.05, 0.1) is 15.2 Å². The van der Waals surface area contributed by atoms with E-state index in [1.807, 2.05) is 24.3 Å². The fourth-order valence-electron chi connectivity index (χ4n) is 1.77. The van der Waals surface area contributed by atoms with Gasteiger partial charge in [0.15, 0.2) is 5.13 Å². The number of anilines is 2. The first-order valence-electron chi connectivity index (χ1n) is 6.04. The summed E-state index contributed by atoms with van der Waals surface area (Å²) in [5.41, 5.74) is 1.32. The molecule has 0 aliphatic rings. The highest BCUT2D eigenvalue weighted by molar-refractivity contribution is 7.22. The van der Waals surface area contributed by atoms with E-state index in [0.29, 0.717) is 10.8 Å². The molecule has 0 bridgehead atoms. The van der Waals surface area contributed by atoms with Gasteiger partial charge in [0.2, 0.25) is 0 Å². The maximum atomic E-state index is 11.9. The monoisotopic (exact) mass is 319 g/mol. The predicted molar refractivity (Wildman–Crippen MR) is 85.4 cm³/mol. The minimum Gasteiger partial charge on any atom is -0.506 e. The summed E-state index contributed by atoms with van der Waals surface area (Å²) in [5.74, 6) is -0.0335. The van der Waals surface area contributed by atoms with Crippen LogP contribution in [-0.2, 0) is 0 Å². The van der Waals surface area contributed by atoms with Crippen molar-refractivity contribution in [2.24, 2.45) is 0 Å². The number of nitrogens with one attached hydrogen (secondary N) is 2. The number of carbonyl (C=O) groups excluding carboxylic acids is 1. The van der Waals surface area contributed by atoms with Crippen LogP contribution in [0.2, 0.25) is 5.02 Å². The number of amides is 2. The molecule has 0 aliphatic heterocycles. The highest BCUT2D eigenvalue weighted by atomic mass is 35.5. The van der Waals surface area contributed by atoms with Crippen LogP contribution in [0.5, 0.6) is 5.75 Å². The van der Waals surface area contributed by atoms with Crippen molar-refractivity contribution < 1.29 is 9.90 Å². The standard InChI is InChI=1S/C14H10ClN3O2S/c15-9-7-8(5-6-11(9)19)16-13(20)18-14-17-10-3-1-2-4-12(10)21-14/h1-7,19H,(H2,16,17,18,20). The lowest BCUT2D eigenvalue weighted by atomic mass is 10.3. The van der Waals surface area contributed by atoms with Gasteiger partial charge >= 0.3 is 6.03 Å². The molecule has 3 aromatic rings. The summed E-state index contributed by atoms with van der Waals surface area (Å²) in [4.78, 5) is 16.2. The van der Waals surface area contributed by atoms with Crippen molar-refractivity contribution in [2.45, 2.75) is 0 Å². The average molecular weight is 320 g/mol. The smallest absolute Gasteiger partial charge is 0.325 e. The molecule has 1 aromatic heterocycles. The van der Waals surface area contributed by atoms with Crippen molar-refractivity contribution in [3.05, 3.63) is 47.5 Å². The molecule has 0 spiro atoms. The first kappa shape index (κ1) is 13.7. The topological polar surface area (TPSA) is 74.2 Å². The maximum absolute atomic E-state index is 11.9. The Morgan fingerprint density at radius 1 is 1.19 bits per heavy atom. The lowest BCUT2D eigenvalue weighted by Gasteiger charge is -2.06. The summed E-state index contributed by atoms with van der Waals surface area (Å²) >= 11 is 7.17. The molecule has 3 rings (SSSR count). The zero-order chi connectivity index (χ0) is 14.8. The van der Waals surface area contributed by atoms with Crippen molar-refractivity contribution in [2.75, 3.05) is 10.6 Å². The van der Waals surface area contributed by atoms with Gasteiger partial charge in [-0.15, -0.1) is 0 Å². The number of fused-ring (bicyclic) bond motifs is 1. The van der Waals surface area contributed by atoms with Crippen LogP contribution in [0.1, 0.15) is 0 Å². The minimum absolute atomic E-state index is 0.0335. The van der Waals surface area contributed by atoms with Crippen molar-refractivity contribution in [1.29, 1.82) is 0 Å². The second-order valence-electron chi connectivity index (χ2n) is 4.23. The molecule has 106 valence electrons. The molecule has 0 fully saturated rings. The van der Waals surface area contributed by atoms with Crippen LogP contribution in [-0.4, -0.2) is 16.1 Å². The molecule has 5 nitrogen and oxygen atoms in total. The first-order valence-corrected chi connectivity index (χ1v) is 7.23. The molecule has 1 heterocycles. The zero-order valence-electron chi connectivity index (χ0n) is 10.6. The van der Waals surface area contributed by atoms with Gasteiger partial charge < -0.3 is 10.4 Å². The lowest BCUT2D eigenvalue weighted by molar-refractivity contribution is 0.262. The summed E-state index contributed by atoms with van der Waals surface area (Å²) in [6.45, 7) is 0. The maximum Gasteiger partial charge on any atom is 0.325 e. The Bertz CT molecular complexity index is 786. The van der Waals surface area contributed by atoms with Crippen LogP contribution in [0.15, 0.2) is 42.5 Å². The van der Waals surface area contributed by atoms with Gasteiger partial charge in [0.25, 0.3) is 0 Å². The van der Waals surface area contributed by atoms with Crippen LogP contribution in [0.25, 0.3) is 10.2 Å². The lowest BCUT2D eigenvalue weighted by Crippen LogP contribution is -2.19. The SMILES string of the molecule is O=C(Nc1ccc(O)c(Cl)c1)Nc1nc2ccccc2s1. The van der Waals surface area contributed by atoms with E-state index in [9.17, 15) is 9.90 Å². The molecule has 2 aromatic carbocycles. The summed E-state index contributed by atoms with van der Waals surface area (Å²) in [6, 6.07) is 11.7. The van der Waals surface area contributed by atoms with Crippen LogP contribution >= 0.6 is 22.9 Å². The second-order valence-corrected chi connectivity index (χ2v) is 5.67. The van der Waals surface area contributed by atoms with Crippen LogP contribution < -0.4 is 10.6 Å². The van der Waals surface area contributed by atoms with Gasteiger partial charge in [0.1, 0.15) is 5.75 Å². The number of hydrogen-bond acceptors (Lipinski definition) is 4. The first-order chi connectivity index (χ1) is 10.1. The summed E-state index contributed by atoms with van der Waals surface area (Å²) in [6.07, 6.45) is 0. The van der Waals surface area contributed by atoms with Gasteiger partial charge in [-0.2, -0.15) is 0 Å². The Labute approximate surface area is 129 Å². The molecule has 21 heavy (non-hydrogen) atoms. The number of phenols is 1.